The summed E-state index contributed by atoms with van der Waals surface area (Å²) in [6.45, 7) is 2.45. The van der Waals surface area contributed by atoms with Crippen LogP contribution in [0, 0.1) is 12.7 Å². The van der Waals surface area contributed by atoms with Crippen LogP contribution >= 0.6 is 15.9 Å². The topological polar surface area (TPSA) is 38.3 Å². The molecule has 2 aromatic carbocycles. The Hall–Kier alpha value is -1.88. The van der Waals surface area contributed by atoms with Gasteiger partial charge in [0, 0.05) is 12.2 Å². The SMILES string of the molecule is COC(=O)c1ccc(CNc2cc(F)c(Br)cc2C)cc1. The fourth-order valence-corrected chi connectivity index (χ4v) is 2.37. The third kappa shape index (κ3) is 3.82. The number of aryl methyl sites for hydroxylation is 1. The first-order valence-corrected chi connectivity index (χ1v) is 7.17. The minimum Gasteiger partial charge on any atom is -0.465 e. The van der Waals surface area contributed by atoms with Crippen molar-refractivity contribution in [2.75, 3.05) is 12.4 Å². The molecule has 0 fully saturated rings. The molecule has 0 aromatic heterocycles. The van der Waals surface area contributed by atoms with E-state index in [0.717, 1.165) is 16.8 Å². The van der Waals surface area contributed by atoms with E-state index in [4.69, 9.17) is 0 Å². The number of methoxy groups -OCH3 is 1. The maximum Gasteiger partial charge on any atom is 0.337 e. The lowest BCUT2D eigenvalue weighted by Gasteiger charge is -2.11. The zero-order chi connectivity index (χ0) is 15.4. The summed E-state index contributed by atoms with van der Waals surface area (Å²) >= 11 is 3.16. The van der Waals surface area contributed by atoms with Gasteiger partial charge in [0.05, 0.1) is 17.1 Å². The molecule has 0 heterocycles. The average Bonchev–Trinajstić information content (AvgIpc) is 2.49. The lowest BCUT2D eigenvalue weighted by atomic mass is 10.1. The molecule has 0 saturated heterocycles. The number of ether oxygens (including phenoxy) is 1. The van der Waals surface area contributed by atoms with Gasteiger partial charge in [0.25, 0.3) is 0 Å². The molecule has 3 nitrogen and oxygen atoms in total. The number of carbonyl (C=O) groups excluding carboxylic acids is 1. The van der Waals surface area contributed by atoms with Gasteiger partial charge in [-0.25, -0.2) is 9.18 Å². The van der Waals surface area contributed by atoms with Gasteiger partial charge in [-0.05, 0) is 58.2 Å². The first-order chi connectivity index (χ1) is 10.0. The maximum atomic E-state index is 13.5. The summed E-state index contributed by atoms with van der Waals surface area (Å²) in [5, 5.41) is 3.18. The van der Waals surface area contributed by atoms with E-state index in [1.165, 1.54) is 13.2 Å². The van der Waals surface area contributed by atoms with Gasteiger partial charge in [0.15, 0.2) is 0 Å². The Morgan fingerprint density at radius 1 is 1.29 bits per heavy atom. The number of anilines is 1. The van der Waals surface area contributed by atoms with Gasteiger partial charge in [-0.3, -0.25) is 0 Å². The molecular formula is C16H15BrFNO2. The Morgan fingerprint density at radius 2 is 1.95 bits per heavy atom. The smallest absolute Gasteiger partial charge is 0.337 e. The van der Waals surface area contributed by atoms with Crippen molar-refractivity contribution < 1.29 is 13.9 Å². The van der Waals surface area contributed by atoms with Crippen LogP contribution in [0.15, 0.2) is 40.9 Å². The molecule has 0 aliphatic carbocycles. The fraction of sp³-hybridized carbons (Fsp3) is 0.188. The quantitative estimate of drug-likeness (QED) is 0.834. The molecule has 2 aromatic rings. The standard InChI is InChI=1S/C16H15BrFNO2/c1-10-7-13(17)14(18)8-15(10)19-9-11-3-5-12(6-4-11)16(20)21-2/h3-8,19H,9H2,1-2H3. The van der Waals surface area contributed by atoms with Crippen molar-refractivity contribution in [2.45, 2.75) is 13.5 Å². The summed E-state index contributed by atoms with van der Waals surface area (Å²) in [5.74, 6) is -0.663. The Kier molecular flexibility index (Phi) is 4.96. The van der Waals surface area contributed by atoms with E-state index >= 15 is 0 Å². The second-order valence-corrected chi connectivity index (χ2v) is 5.48. The van der Waals surface area contributed by atoms with E-state index in [0.29, 0.717) is 16.6 Å². The minimum absolute atomic E-state index is 0.302. The van der Waals surface area contributed by atoms with E-state index < -0.39 is 0 Å². The van der Waals surface area contributed by atoms with Gasteiger partial charge in [-0.2, -0.15) is 0 Å². The van der Waals surface area contributed by atoms with Crippen molar-refractivity contribution in [2.24, 2.45) is 0 Å². The molecule has 0 spiro atoms. The molecule has 0 atom stereocenters. The molecule has 0 amide bonds. The van der Waals surface area contributed by atoms with Crippen LogP contribution in [0.2, 0.25) is 0 Å². The molecule has 5 heteroatoms. The monoisotopic (exact) mass is 351 g/mol. The predicted octanol–water partition coefficient (Wildman–Crippen LogP) is 4.30. The Bertz CT molecular complexity index is 656. The van der Waals surface area contributed by atoms with Crippen molar-refractivity contribution in [3.05, 3.63) is 63.4 Å². The van der Waals surface area contributed by atoms with Gasteiger partial charge in [0.1, 0.15) is 5.82 Å². The number of rotatable bonds is 4. The lowest BCUT2D eigenvalue weighted by molar-refractivity contribution is 0.0600. The predicted molar refractivity (Wildman–Crippen MR) is 83.9 cm³/mol. The summed E-state index contributed by atoms with van der Waals surface area (Å²) in [7, 11) is 1.35. The summed E-state index contributed by atoms with van der Waals surface area (Å²) in [6, 6.07) is 10.3. The minimum atomic E-state index is -0.361. The second-order valence-electron chi connectivity index (χ2n) is 4.62. The van der Waals surface area contributed by atoms with Crippen LogP contribution in [-0.4, -0.2) is 13.1 Å². The summed E-state index contributed by atoms with van der Waals surface area (Å²) in [6.07, 6.45) is 0. The highest BCUT2D eigenvalue weighted by Crippen LogP contribution is 2.24. The van der Waals surface area contributed by atoms with E-state index in [9.17, 15) is 9.18 Å². The lowest BCUT2D eigenvalue weighted by Crippen LogP contribution is -2.04. The molecule has 21 heavy (non-hydrogen) atoms. The number of benzene rings is 2. The molecule has 0 bridgehead atoms. The molecule has 0 aliphatic heterocycles. The number of hydrogen-bond acceptors (Lipinski definition) is 3. The molecule has 0 aliphatic rings. The third-order valence-corrected chi connectivity index (χ3v) is 3.73. The number of nitrogens with one attached hydrogen (secondary N) is 1. The molecular weight excluding hydrogens is 337 g/mol. The third-order valence-electron chi connectivity index (χ3n) is 3.13. The number of halogens is 2. The largest absolute Gasteiger partial charge is 0.465 e. The normalized spacial score (nSPS) is 10.3. The van der Waals surface area contributed by atoms with Crippen LogP contribution in [0.25, 0.3) is 0 Å². The molecule has 2 rings (SSSR count). The molecule has 1 N–H and O–H groups in total. The number of carbonyl (C=O) groups is 1. The van der Waals surface area contributed by atoms with Crippen LogP contribution in [0.3, 0.4) is 0 Å². The van der Waals surface area contributed by atoms with Crippen molar-refractivity contribution >= 4 is 27.6 Å². The molecule has 0 radical (unpaired) electrons. The van der Waals surface area contributed by atoms with Crippen LogP contribution in [0.5, 0.6) is 0 Å². The van der Waals surface area contributed by atoms with Gasteiger partial charge in [-0.15, -0.1) is 0 Å². The van der Waals surface area contributed by atoms with Gasteiger partial charge < -0.3 is 10.1 Å². The van der Waals surface area contributed by atoms with Crippen molar-refractivity contribution in [3.63, 3.8) is 0 Å². The van der Waals surface area contributed by atoms with Crippen molar-refractivity contribution in [1.29, 1.82) is 0 Å². The van der Waals surface area contributed by atoms with Crippen molar-refractivity contribution in [1.82, 2.24) is 0 Å². The van der Waals surface area contributed by atoms with Crippen LogP contribution in [-0.2, 0) is 11.3 Å². The van der Waals surface area contributed by atoms with Gasteiger partial charge in [0.2, 0.25) is 0 Å². The Labute approximate surface area is 131 Å². The summed E-state index contributed by atoms with van der Waals surface area (Å²) in [5.41, 5.74) is 3.19. The first kappa shape index (κ1) is 15.5. The molecule has 110 valence electrons. The Morgan fingerprint density at radius 3 is 2.57 bits per heavy atom. The molecule has 0 saturated carbocycles. The van der Waals surface area contributed by atoms with Gasteiger partial charge in [-0.1, -0.05) is 12.1 Å². The zero-order valence-electron chi connectivity index (χ0n) is 11.7. The fourth-order valence-electron chi connectivity index (χ4n) is 1.91. The van der Waals surface area contributed by atoms with E-state index in [1.54, 1.807) is 18.2 Å². The van der Waals surface area contributed by atoms with E-state index in [2.05, 4.69) is 26.0 Å². The van der Waals surface area contributed by atoms with Crippen LogP contribution in [0.4, 0.5) is 10.1 Å². The average molecular weight is 352 g/mol. The first-order valence-electron chi connectivity index (χ1n) is 6.38. The van der Waals surface area contributed by atoms with E-state index in [-0.39, 0.29) is 11.8 Å². The highest BCUT2D eigenvalue weighted by atomic mass is 79.9. The number of hydrogen-bond donors (Lipinski definition) is 1. The van der Waals surface area contributed by atoms with Crippen LogP contribution < -0.4 is 5.32 Å². The summed E-state index contributed by atoms with van der Waals surface area (Å²) < 4.78 is 18.6. The Balaban J connectivity index is 2.06. The highest BCUT2D eigenvalue weighted by molar-refractivity contribution is 9.10. The van der Waals surface area contributed by atoms with Crippen LogP contribution in [0.1, 0.15) is 21.5 Å². The maximum absolute atomic E-state index is 13.5. The number of esters is 1. The highest BCUT2D eigenvalue weighted by Gasteiger charge is 2.06. The zero-order valence-corrected chi connectivity index (χ0v) is 13.3. The summed E-state index contributed by atoms with van der Waals surface area (Å²) in [4.78, 5) is 11.3. The van der Waals surface area contributed by atoms with Gasteiger partial charge >= 0.3 is 5.97 Å². The van der Waals surface area contributed by atoms with E-state index in [1.807, 2.05) is 19.1 Å². The second kappa shape index (κ2) is 6.72. The van der Waals surface area contributed by atoms with Crippen molar-refractivity contribution in [3.8, 4) is 0 Å². The molecule has 0 unspecified atom stereocenters.